The van der Waals surface area contributed by atoms with Gasteiger partial charge in [-0.1, -0.05) is 42.5 Å². The molecule has 3 rings (SSSR count). The Bertz CT molecular complexity index is 833. The molecule has 0 spiro atoms. The molecule has 0 bridgehead atoms. The topological polar surface area (TPSA) is 79.2 Å². The highest BCUT2D eigenvalue weighted by molar-refractivity contribution is 6.03. The molecule has 1 aliphatic rings. The number of carboxylic acids is 1. The first-order valence-electron chi connectivity index (χ1n) is 8.39. The van der Waals surface area contributed by atoms with Crippen molar-refractivity contribution < 1.29 is 19.4 Å². The number of rotatable bonds is 6. The second-order valence-corrected chi connectivity index (χ2v) is 6.04. The van der Waals surface area contributed by atoms with Crippen LogP contribution in [0.2, 0.25) is 0 Å². The third-order valence-corrected chi connectivity index (χ3v) is 4.30. The summed E-state index contributed by atoms with van der Waals surface area (Å²) in [5.41, 5.74) is 2.67. The number of benzene rings is 2. The van der Waals surface area contributed by atoms with E-state index in [1.54, 1.807) is 7.11 Å². The summed E-state index contributed by atoms with van der Waals surface area (Å²) in [6.07, 6.45) is 0.272. The van der Waals surface area contributed by atoms with Crippen molar-refractivity contribution in [3.05, 3.63) is 65.7 Å². The highest BCUT2D eigenvalue weighted by atomic mass is 16.5. The third-order valence-electron chi connectivity index (χ3n) is 4.30. The quantitative estimate of drug-likeness (QED) is 0.865. The summed E-state index contributed by atoms with van der Waals surface area (Å²) in [7, 11) is 1.59. The van der Waals surface area contributed by atoms with Crippen LogP contribution in [-0.2, 0) is 9.59 Å². The summed E-state index contributed by atoms with van der Waals surface area (Å²) in [4.78, 5) is 23.4. The second kappa shape index (κ2) is 7.82. The SMILES string of the molecule is COc1cccc([C@@H]2CC(c3ccccc3)=NN2C(=O)CCC(=O)O)c1. The van der Waals surface area contributed by atoms with E-state index in [0.717, 1.165) is 16.8 Å². The van der Waals surface area contributed by atoms with Gasteiger partial charge in [0, 0.05) is 12.8 Å². The van der Waals surface area contributed by atoms with Crippen LogP contribution in [0, 0.1) is 0 Å². The number of hydrazone groups is 1. The molecule has 0 aliphatic carbocycles. The van der Waals surface area contributed by atoms with Crippen molar-refractivity contribution in [3.63, 3.8) is 0 Å². The Morgan fingerprint density at radius 3 is 2.62 bits per heavy atom. The first kappa shape index (κ1) is 17.7. The van der Waals surface area contributed by atoms with Gasteiger partial charge in [-0.25, -0.2) is 5.01 Å². The third kappa shape index (κ3) is 3.91. The van der Waals surface area contributed by atoms with Gasteiger partial charge in [0.25, 0.3) is 0 Å². The highest BCUT2D eigenvalue weighted by Gasteiger charge is 2.33. The predicted molar refractivity (Wildman–Crippen MR) is 97.0 cm³/mol. The number of methoxy groups -OCH3 is 1. The number of ether oxygens (including phenoxy) is 1. The molecule has 0 radical (unpaired) electrons. The summed E-state index contributed by atoms with van der Waals surface area (Å²) in [5.74, 6) is -0.595. The molecule has 6 nitrogen and oxygen atoms in total. The smallest absolute Gasteiger partial charge is 0.303 e. The van der Waals surface area contributed by atoms with Crippen LogP contribution in [0.15, 0.2) is 59.7 Å². The van der Waals surface area contributed by atoms with Gasteiger partial charge in [0.15, 0.2) is 0 Å². The van der Waals surface area contributed by atoms with E-state index in [-0.39, 0.29) is 24.8 Å². The summed E-state index contributed by atoms with van der Waals surface area (Å²) in [6, 6.07) is 16.9. The van der Waals surface area contributed by atoms with E-state index in [0.29, 0.717) is 12.2 Å². The van der Waals surface area contributed by atoms with E-state index >= 15 is 0 Å². The Kier molecular flexibility index (Phi) is 5.31. The fourth-order valence-corrected chi connectivity index (χ4v) is 2.98. The van der Waals surface area contributed by atoms with Crippen molar-refractivity contribution in [3.8, 4) is 5.75 Å². The maximum atomic E-state index is 12.6. The molecule has 2 aromatic carbocycles. The average molecular weight is 352 g/mol. The lowest BCUT2D eigenvalue weighted by Crippen LogP contribution is -2.27. The largest absolute Gasteiger partial charge is 0.497 e. The van der Waals surface area contributed by atoms with Crippen LogP contribution in [0.5, 0.6) is 5.75 Å². The maximum Gasteiger partial charge on any atom is 0.303 e. The number of amides is 1. The molecule has 2 aromatic rings. The zero-order valence-corrected chi connectivity index (χ0v) is 14.5. The standard InChI is InChI=1S/C20H20N2O4/c1-26-16-9-5-8-15(12-16)18-13-17(14-6-3-2-4-7-14)21-22(18)19(23)10-11-20(24)25/h2-9,12,18H,10-11,13H2,1H3,(H,24,25)/t18-/m0/s1. The summed E-state index contributed by atoms with van der Waals surface area (Å²) >= 11 is 0. The monoisotopic (exact) mass is 352 g/mol. The van der Waals surface area contributed by atoms with E-state index in [4.69, 9.17) is 9.84 Å². The van der Waals surface area contributed by atoms with Gasteiger partial charge in [-0.15, -0.1) is 0 Å². The summed E-state index contributed by atoms with van der Waals surface area (Å²) < 4.78 is 5.28. The first-order valence-corrected chi connectivity index (χ1v) is 8.39. The highest BCUT2D eigenvalue weighted by Crippen LogP contribution is 2.34. The molecule has 1 aliphatic heterocycles. The number of carbonyl (C=O) groups is 2. The zero-order valence-electron chi connectivity index (χ0n) is 14.5. The Balaban J connectivity index is 1.91. The Hall–Kier alpha value is -3.15. The van der Waals surface area contributed by atoms with E-state index in [9.17, 15) is 9.59 Å². The number of carbonyl (C=O) groups excluding carboxylic acids is 1. The van der Waals surface area contributed by atoms with Crippen LogP contribution in [0.25, 0.3) is 0 Å². The maximum absolute atomic E-state index is 12.6. The molecule has 0 fully saturated rings. The molecule has 0 aromatic heterocycles. The van der Waals surface area contributed by atoms with Crippen molar-refractivity contribution in [1.29, 1.82) is 0 Å². The molecule has 0 unspecified atom stereocenters. The zero-order chi connectivity index (χ0) is 18.5. The minimum atomic E-state index is -0.997. The normalized spacial score (nSPS) is 16.3. The van der Waals surface area contributed by atoms with Crippen LogP contribution in [0.1, 0.15) is 36.4 Å². The lowest BCUT2D eigenvalue weighted by molar-refractivity contribution is -0.141. The van der Waals surface area contributed by atoms with Gasteiger partial charge in [0.2, 0.25) is 5.91 Å². The van der Waals surface area contributed by atoms with Crippen LogP contribution < -0.4 is 4.74 Å². The van der Waals surface area contributed by atoms with E-state index in [2.05, 4.69) is 5.10 Å². The molecule has 1 heterocycles. The van der Waals surface area contributed by atoms with E-state index in [1.165, 1.54) is 5.01 Å². The Morgan fingerprint density at radius 1 is 1.15 bits per heavy atom. The van der Waals surface area contributed by atoms with Gasteiger partial charge >= 0.3 is 5.97 Å². The lowest BCUT2D eigenvalue weighted by atomic mass is 9.98. The molecule has 26 heavy (non-hydrogen) atoms. The van der Waals surface area contributed by atoms with Crippen LogP contribution in [0.4, 0.5) is 0 Å². The molecule has 1 atom stereocenters. The average Bonchev–Trinajstić information content (AvgIpc) is 3.12. The minimum Gasteiger partial charge on any atom is -0.497 e. The molecular weight excluding hydrogens is 332 g/mol. The fourth-order valence-electron chi connectivity index (χ4n) is 2.98. The number of aliphatic carboxylic acids is 1. The second-order valence-electron chi connectivity index (χ2n) is 6.04. The predicted octanol–water partition coefficient (Wildman–Crippen LogP) is 3.24. The molecule has 0 saturated heterocycles. The van der Waals surface area contributed by atoms with Crippen LogP contribution in [0.3, 0.4) is 0 Å². The molecule has 6 heteroatoms. The van der Waals surface area contributed by atoms with Gasteiger partial charge < -0.3 is 9.84 Å². The number of hydrogen-bond acceptors (Lipinski definition) is 4. The van der Waals surface area contributed by atoms with Crippen molar-refractivity contribution in [2.45, 2.75) is 25.3 Å². The van der Waals surface area contributed by atoms with Crippen molar-refractivity contribution >= 4 is 17.6 Å². The molecule has 1 N–H and O–H groups in total. The number of nitrogens with zero attached hydrogens (tertiary/aromatic N) is 2. The molecular formula is C20H20N2O4. The first-order chi connectivity index (χ1) is 12.6. The van der Waals surface area contributed by atoms with Gasteiger partial charge in [0.05, 0.1) is 25.3 Å². The minimum absolute atomic E-state index is 0.0820. The number of carboxylic acid groups (broad SMARTS) is 1. The van der Waals surface area contributed by atoms with E-state index in [1.807, 2.05) is 54.6 Å². The lowest BCUT2D eigenvalue weighted by Gasteiger charge is -2.22. The van der Waals surface area contributed by atoms with Crippen LogP contribution >= 0.6 is 0 Å². The van der Waals surface area contributed by atoms with Crippen molar-refractivity contribution in [1.82, 2.24) is 5.01 Å². The number of hydrogen-bond donors (Lipinski definition) is 1. The van der Waals surface area contributed by atoms with Crippen molar-refractivity contribution in [2.24, 2.45) is 5.10 Å². The van der Waals surface area contributed by atoms with Gasteiger partial charge in [-0.3, -0.25) is 9.59 Å². The summed E-state index contributed by atoms with van der Waals surface area (Å²) in [5, 5.41) is 14.8. The van der Waals surface area contributed by atoms with Crippen LogP contribution in [-0.4, -0.2) is 34.8 Å². The molecule has 134 valence electrons. The Labute approximate surface area is 151 Å². The van der Waals surface area contributed by atoms with E-state index < -0.39 is 5.97 Å². The Morgan fingerprint density at radius 2 is 1.92 bits per heavy atom. The fraction of sp³-hybridized carbons (Fsp3) is 0.250. The van der Waals surface area contributed by atoms with Gasteiger partial charge in [-0.05, 0) is 23.3 Å². The van der Waals surface area contributed by atoms with Gasteiger partial charge in [-0.2, -0.15) is 5.10 Å². The molecule has 0 saturated carbocycles. The summed E-state index contributed by atoms with van der Waals surface area (Å²) in [6.45, 7) is 0. The molecule has 1 amide bonds. The van der Waals surface area contributed by atoms with Crippen molar-refractivity contribution in [2.75, 3.05) is 7.11 Å². The van der Waals surface area contributed by atoms with Gasteiger partial charge in [0.1, 0.15) is 5.75 Å².